The molecular formula is C16H23ClFN3O3. The summed E-state index contributed by atoms with van der Waals surface area (Å²) in [5.74, 6) is -0.755. The van der Waals surface area contributed by atoms with Crippen LogP contribution in [0.1, 0.15) is 38.8 Å². The Morgan fingerprint density at radius 1 is 1.46 bits per heavy atom. The van der Waals surface area contributed by atoms with E-state index in [0.29, 0.717) is 5.56 Å². The molecule has 0 saturated heterocycles. The third-order valence-electron chi connectivity index (χ3n) is 2.80. The minimum atomic E-state index is -0.884. The SMILES string of the molecule is CCOC(=O)Nc1c(F)cc(CC(O)NC(C)(C)C)cc1C#N.Cl. The van der Waals surface area contributed by atoms with E-state index in [2.05, 4.69) is 15.4 Å². The number of anilines is 1. The Morgan fingerprint density at radius 2 is 2.08 bits per heavy atom. The van der Waals surface area contributed by atoms with E-state index in [1.54, 1.807) is 6.92 Å². The molecule has 1 amide bonds. The van der Waals surface area contributed by atoms with Gasteiger partial charge in [-0.3, -0.25) is 10.6 Å². The van der Waals surface area contributed by atoms with Crippen molar-refractivity contribution in [3.8, 4) is 6.07 Å². The van der Waals surface area contributed by atoms with E-state index in [0.717, 1.165) is 0 Å². The quantitative estimate of drug-likeness (QED) is 0.703. The lowest BCUT2D eigenvalue weighted by Crippen LogP contribution is -2.44. The second-order valence-electron chi connectivity index (χ2n) is 6.07. The lowest BCUT2D eigenvalue weighted by molar-refractivity contribution is 0.106. The van der Waals surface area contributed by atoms with Crippen molar-refractivity contribution in [3.63, 3.8) is 0 Å². The second-order valence-corrected chi connectivity index (χ2v) is 6.07. The van der Waals surface area contributed by atoms with Gasteiger partial charge in [-0.15, -0.1) is 12.4 Å². The van der Waals surface area contributed by atoms with Gasteiger partial charge < -0.3 is 9.84 Å². The van der Waals surface area contributed by atoms with Gasteiger partial charge in [-0.1, -0.05) is 0 Å². The highest BCUT2D eigenvalue weighted by Crippen LogP contribution is 2.23. The summed E-state index contributed by atoms with van der Waals surface area (Å²) in [5.41, 5.74) is -0.122. The molecule has 3 N–H and O–H groups in total. The summed E-state index contributed by atoms with van der Waals surface area (Å²) in [7, 11) is 0. The van der Waals surface area contributed by atoms with Gasteiger partial charge in [0.25, 0.3) is 0 Å². The molecule has 1 rings (SSSR count). The summed E-state index contributed by atoms with van der Waals surface area (Å²) in [4.78, 5) is 11.4. The van der Waals surface area contributed by atoms with Gasteiger partial charge in [0.05, 0.1) is 17.9 Å². The lowest BCUT2D eigenvalue weighted by Gasteiger charge is -2.25. The van der Waals surface area contributed by atoms with Gasteiger partial charge in [0.15, 0.2) is 0 Å². The van der Waals surface area contributed by atoms with Crippen LogP contribution in [0, 0.1) is 17.1 Å². The summed E-state index contributed by atoms with van der Waals surface area (Å²) < 4.78 is 18.8. The molecule has 8 heteroatoms. The molecule has 0 radical (unpaired) electrons. The van der Waals surface area contributed by atoms with Crippen LogP contribution in [0.4, 0.5) is 14.9 Å². The molecule has 0 aliphatic rings. The molecule has 0 saturated carbocycles. The fourth-order valence-electron chi connectivity index (χ4n) is 2.04. The topological polar surface area (TPSA) is 94.4 Å². The number of nitriles is 1. The zero-order chi connectivity index (χ0) is 17.6. The number of nitrogens with one attached hydrogen (secondary N) is 2. The second kappa shape index (κ2) is 9.42. The van der Waals surface area contributed by atoms with Crippen molar-refractivity contribution >= 4 is 24.2 Å². The minimum Gasteiger partial charge on any atom is -0.450 e. The summed E-state index contributed by atoms with van der Waals surface area (Å²) >= 11 is 0. The van der Waals surface area contributed by atoms with E-state index in [1.165, 1.54) is 12.1 Å². The molecule has 6 nitrogen and oxygen atoms in total. The lowest BCUT2D eigenvalue weighted by atomic mass is 10.0. The molecule has 1 atom stereocenters. The van der Waals surface area contributed by atoms with Crippen LogP contribution in [0.5, 0.6) is 0 Å². The van der Waals surface area contributed by atoms with E-state index >= 15 is 0 Å². The smallest absolute Gasteiger partial charge is 0.411 e. The van der Waals surface area contributed by atoms with E-state index in [4.69, 9.17) is 5.26 Å². The van der Waals surface area contributed by atoms with Crippen LogP contribution in [0.2, 0.25) is 0 Å². The number of hydrogen-bond acceptors (Lipinski definition) is 5. The van der Waals surface area contributed by atoms with Gasteiger partial charge in [-0.05, 0) is 45.4 Å². The molecule has 0 aliphatic heterocycles. The molecule has 0 fully saturated rings. The predicted molar refractivity (Wildman–Crippen MR) is 91.6 cm³/mol. The Hall–Kier alpha value is -1.88. The van der Waals surface area contributed by atoms with Crippen LogP contribution in [0.25, 0.3) is 0 Å². The maximum absolute atomic E-state index is 14.2. The number of ether oxygens (including phenoxy) is 1. The molecule has 1 unspecified atom stereocenters. The Bertz CT molecular complexity index is 612. The first kappa shape index (κ1) is 22.1. The molecule has 0 heterocycles. The Kier molecular flexibility index (Phi) is 8.69. The average molecular weight is 360 g/mol. The monoisotopic (exact) mass is 359 g/mol. The van der Waals surface area contributed by atoms with Gasteiger partial charge in [0.1, 0.15) is 18.1 Å². The molecule has 0 aromatic heterocycles. The Labute approximate surface area is 147 Å². The van der Waals surface area contributed by atoms with E-state index < -0.39 is 18.1 Å². The van der Waals surface area contributed by atoms with E-state index in [1.807, 2.05) is 26.8 Å². The maximum atomic E-state index is 14.2. The van der Waals surface area contributed by atoms with Gasteiger partial charge in [-0.2, -0.15) is 5.26 Å². The number of rotatable bonds is 5. The van der Waals surface area contributed by atoms with Crippen LogP contribution in [-0.2, 0) is 11.2 Å². The number of carbonyl (C=O) groups is 1. The van der Waals surface area contributed by atoms with E-state index in [-0.39, 0.29) is 42.2 Å². The van der Waals surface area contributed by atoms with Gasteiger partial charge in [0.2, 0.25) is 0 Å². The van der Waals surface area contributed by atoms with Crippen LogP contribution in [0.15, 0.2) is 12.1 Å². The number of benzene rings is 1. The number of hydrogen-bond donors (Lipinski definition) is 3. The third kappa shape index (κ3) is 7.13. The number of halogens is 2. The highest BCUT2D eigenvalue weighted by atomic mass is 35.5. The number of carbonyl (C=O) groups excluding carboxylic acids is 1. The highest BCUT2D eigenvalue weighted by molar-refractivity contribution is 5.86. The maximum Gasteiger partial charge on any atom is 0.411 e. The van der Waals surface area contributed by atoms with Crippen molar-refractivity contribution in [3.05, 3.63) is 29.1 Å². The first-order valence-corrected chi connectivity index (χ1v) is 7.28. The molecule has 24 heavy (non-hydrogen) atoms. The summed E-state index contributed by atoms with van der Waals surface area (Å²) in [6, 6.07) is 4.44. The van der Waals surface area contributed by atoms with Gasteiger partial charge in [0, 0.05) is 12.0 Å². The van der Waals surface area contributed by atoms with Crippen molar-refractivity contribution in [2.75, 3.05) is 11.9 Å². The molecule has 134 valence electrons. The number of aliphatic hydroxyl groups is 1. The van der Waals surface area contributed by atoms with Crippen LogP contribution < -0.4 is 10.6 Å². The Balaban J connectivity index is 0.00000529. The van der Waals surface area contributed by atoms with Crippen LogP contribution >= 0.6 is 12.4 Å². The summed E-state index contributed by atoms with van der Waals surface area (Å²) in [6.45, 7) is 7.43. The number of amides is 1. The molecule has 1 aromatic rings. The molecule has 0 aliphatic carbocycles. The molecular weight excluding hydrogens is 337 g/mol. The summed E-state index contributed by atoms with van der Waals surface area (Å²) in [5, 5.41) is 24.3. The largest absolute Gasteiger partial charge is 0.450 e. The molecule has 1 aromatic carbocycles. The van der Waals surface area contributed by atoms with E-state index in [9.17, 15) is 14.3 Å². The zero-order valence-electron chi connectivity index (χ0n) is 14.1. The molecule has 0 spiro atoms. The first-order chi connectivity index (χ1) is 10.7. The standard InChI is InChI=1S/C16H22FN3O3.ClH/c1-5-23-15(22)19-14-11(9-18)6-10(7-12(14)17)8-13(21)20-16(2,3)4;/h6-7,13,20-21H,5,8H2,1-4H3,(H,19,22);1H. The summed E-state index contributed by atoms with van der Waals surface area (Å²) in [6.07, 6.45) is -1.59. The average Bonchev–Trinajstić information content (AvgIpc) is 2.39. The number of nitrogens with zero attached hydrogens (tertiary/aromatic N) is 1. The third-order valence-corrected chi connectivity index (χ3v) is 2.80. The van der Waals surface area contributed by atoms with Crippen LogP contribution in [-0.4, -0.2) is 29.6 Å². The van der Waals surface area contributed by atoms with Gasteiger partial charge in [-0.25, -0.2) is 9.18 Å². The predicted octanol–water partition coefficient (Wildman–Crippen LogP) is 2.94. The van der Waals surface area contributed by atoms with Crippen molar-refractivity contribution < 1.29 is 19.0 Å². The minimum absolute atomic E-state index is 0. The van der Waals surface area contributed by atoms with Crippen LogP contribution in [0.3, 0.4) is 0 Å². The normalized spacial score (nSPS) is 11.9. The highest BCUT2D eigenvalue weighted by Gasteiger charge is 2.18. The van der Waals surface area contributed by atoms with Crippen molar-refractivity contribution in [1.82, 2.24) is 5.32 Å². The van der Waals surface area contributed by atoms with Crippen molar-refractivity contribution in [2.24, 2.45) is 0 Å². The Morgan fingerprint density at radius 3 is 2.58 bits per heavy atom. The van der Waals surface area contributed by atoms with Crippen molar-refractivity contribution in [2.45, 2.75) is 45.9 Å². The fraction of sp³-hybridized carbons (Fsp3) is 0.500. The first-order valence-electron chi connectivity index (χ1n) is 7.28. The zero-order valence-corrected chi connectivity index (χ0v) is 15.0. The fourth-order valence-corrected chi connectivity index (χ4v) is 2.04. The van der Waals surface area contributed by atoms with Crippen molar-refractivity contribution in [1.29, 1.82) is 5.26 Å². The number of aliphatic hydroxyl groups excluding tert-OH is 1. The molecule has 0 bridgehead atoms. The van der Waals surface area contributed by atoms with Gasteiger partial charge >= 0.3 is 6.09 Å².